The molecule has 1 heteroatoms. The average Bonchev–Trinajstić information content (AvgIpc) is 2.58. The van der Waals surface area contributed by atoms with E-state index in [0.29, 0.717) is 0 Å². The number of benzene rings is 2. The number of hydrogen-bond donors (Lipinski definition) is 0. The minimum atomic E-state index is 0.275. The summed E-state index contributed by atoms with van der Waals surface area (Å²) in [6, 6.07) is 16.0. The number of rotatable bonds is 3. The Morgan fingerprint density at radius 2 is 1.36 bits per heavy atom. The zero-order valence-electron chi connectivity index (χ0n) is 18.8. The Labute approximate surface area is 171 Å². The Morgan fingerprint density at radius 3 is 1.96 bits per heavy atom. The van der Waals surface area contributed by atoms with E-state index in [1.54, 1.807) is 0 Å². The topological polar surface area (TPSA) is 3.88 Å². The van der Waals surface area contributed by atoms with E-state index in [1.807, 2.05) is 0 Å². The lowest BCUT2D eigenvalue weighted by Crippen LogP contribution is -2.32. The van der Waals surface area contributed by atoms with Crippen LogP contribution >= 0.6 is 0 Å². The van der Waals surface area contributed by atoms with Gasteiger partial charge in [0.25, 0.3) is 0 Å². The fraction of sp³-hybridized carbons (Fsp3) is 0.370. The molecule has 0 spiro atoms. The van der Waals surface area contributed by atoms with E-state index in [2.05, 4.69) is 109 Å². The lowest BCUT2D eigenvalue weighted by Gasteiger charge is -2.20. The Hall–Kier alpha value is -2.41. The Kier molecular flexibility index (Phi) is 5.48. The molecule has 28 heavy (non-hydrogen) atoms. The smallest absolute Gasteiger partial charge is 0.201 e. The molecule has 1 heterocycles. The van der Waals surface area contributed by atoms with Crippen molar-refractivity contribution in [1.82, 2.24) is 0 Å². The molecule has 0 aliphatic carbocycles. The molecule has 0 bridgehead atoms. The second-order valence-corrected chi connectivity index (χ2v) is 9.56. The van der Waals surface area contributed by atoms with Crippen LogP contribution < -0.4 is 4.57 Å². The second-order valence-electron chi connectivity index (χ2n) is 9.56. The van der Waals surface area contributed by atoms with E-state index < -0.39 is 0 Å². The maximum absolute atomic E-state index is 2.40. The number of nitrogens with zero attached hydrogens (tertiary/aromatic N) is 1. The van der Waals surface area contributed by atoms with E-state index in [4.69, 9.17) is 0 Å². The Bertz CT molecular complexity index is 1000. The summed E-state index contributed by atoms with van der Waals surface area (Å²) in [7, 11) is 2.16. The van der Waals surface area contributed by atoms with Crippen molar-refractivity contribution in [2.24, 2.45) is 12.5 Å². The first kappa shape index (κ1) is 20.3. The van der Waals surface area contributed by atoms with Gasteiger partial charge in [0.05, 0.1) is 0 Å². The van der Waals surface area contributed by atoms with Crippen LogP contribution in [0.15, 0.2) is 48.7 Å². The molecule has 0 fully saturated rings. The summed E-state index contributed by atoms with van der Waals surface area (Å²) in [5, 5.41) is 0. The molecule has 0 radical (unpaired) electrons. The van der Waals surface area contributed by atoms with E-state index in [0.717, 1.165) is 6.42 Å². The molecule has 1 nitrogen and oxygen atoms in total. The average molecular weight is 373 g/mol. The summed E-state index contributed by atoms with van der Waals surface area (Å²) in [5.74, 6) is 0. The molecule has 0 unspecified atom stereocenters. The van der Waals surface area contributed by atoms with Crippen LogP contribution in [-0.4, -0.2) is 0 Å². The van der Waals surface area contributed by atoms with Gasteiger partial charge < -0.3 is 0 Å². The molecular weight excluding hydrogens is 338 g/mol. The highest BCUT2D eigenvalue weighted by Gasteiger charge is 2.20. The summed E-state index contributed by atoms with van der Waals surface area (Å²) in [4.78, 5) is 0. The van der Waals surface area contributed by atoms with Crippen molar-refractivity contribution in [3.8, 4) is 22.4 Å². The van der Waals surface area contributed by atoms with Crippen LogP contribution in [0.5, 0.6) is 0 Å². The van der Waals surface area contributed by atoms with Crippen molar-refractivity contribution < 1.29 is 4.57 Å². The van der Waals surface area contributed by atoms with Gasteiger partial charge in [-0.1, -0.05) is 56.7 Å². The van der Waals surface area contributed by atoms with E-state index in [-0.39, 0.29) is 5.41 Å². The van der Waals surface area contributed by atoms with Gasteiger partial charge in [-0.3, -0.25) is 0 Å². The molecular formula is C27H34N+. The zero-order valence-corrected chi connectivity index (χ0v) is 18.8. The fourth-order valence-electron chi connectivity index (χ4n) is 4.03. The monoisotopic (exact) mass is 372 g/mol. The van der Waals surface area contributed by atoms with Crippen molar-refractivity contribution >= 4 is 0 Å². The van der Waals surface area contributed by atoms with Crippen LogP contribution in [0.4, 0.5) is 0 Å². The van der Waals surface area contributed by atoms with Crippen molar-refractivity contribution in [2.45, 2.75) is 54.9 Å². The molecule has 0 aliphatic rings. The van der Waals surface area contributed by atoms with Crippen LogP contribution in [0.2, 0.25) is 0 Å². The maximum Gasteiger partial charge on any atom is 0.212 e. The highest BCUT2D eigenvalue weighted by molar-refractivity contribution is 5.76. The van der Waals surface area contributed by atoms with Crippen molar-refractivity contribution in [3.05, 3.63) is 76.5 Å². The molecule has 0 amide bonds. The van der Waals surface area contributed by atoms with Gasteiger partial charge in [-0.05, 0) is 73.4 Å². The molecule has 3 aromatic rings. The maximum atomic E-state index is 2.40. The third-order valence-corrected chi connectivity index (χ3v) is 5.52. The van der Waals surface area contributed by atoms with Crippen LogP contribution in [0.1, 0.15) is 48.6 Å². The SMILES string of the molecule is Cc1ccc(-c2cc(-c3cc(CC(C)(C)C)c(C)c[n+]3C)c(C)cc2C)cc1. The quantitative estimate of drug-likeness (QED) is 0.452. The Balaban J connectivity index is 2.17. The van der Waals surface area contributed by atoms with E-state index in [1.165, 1.54) is 50.2 Å². The molecule has 0 atom stereocenters. The summed E-state index contributed by atoms with van der Waals surface area (Å²) in [6.45, 7) is 15.7. The number of pyridine rings is 1. The van der Waals surface area contributed by atoms with E-state index >= 15 is 0 Å². The van der Waals surface area contributed by atoms with Gasteiger partial charge >= 0.3 is 0 Å². The predicted molar refractivity (Wildman–Crippen MR) is 121 cm³/mol. The number of aryl methyl sites for hydroxylation is 5. The summed E-state index contributed by atoms with van der Waals surface area (Å²) >= 11 is 0. The molecule has 1 aromatic heterocycles. The van der Waals surface area contributed by atoms with Crippen molar-refractivity contribution in [1.29, 1.82) is 0 Å². The minimum Gasteiger partial charge on any atom is -0.201 e. The molecule has 3 rings (SSSR count). The number of aromatic nitrogens is 1. The predicted octanol–water partition coefficient (Wildman–Crippen LogP) is 6.67. The highest BCUT2D eigenvalue weighted by Crippen LogP contribution is 2.32. The minimum absolute atomic E-state index is 0.275. The van der Waals surface area contributed by atoms with Crippen LogP contribution in [0.3, 0.4) is 0 Å². The third kappa shape index (κ3) is 4.35. The molecule has 2 aromatic carbocycles. The van der Waals surface area contributed by atoms with Crippen LogP contribution in [0.25, 0.3) is 22.4 Å². The van der Waals surface area contributed by atoms with Crippen LogP contribution in [-0.2, 0) is 13.5 Å². The second kappa shape index (κ2) is 7.54. The molecule has 0 saturated carbocycles. The van der Waals surface area contributed by atoms with Crippen molar-refractivity contribution in [3.63, 3.8) is 0 Å². The lowest BCUT2D eigenvalue weighted by molar-refractivity contribution is -0.660. The normalized spacial score (nSPS) is 11.7. The standard InChI is InChI=1S/C27H34N/c1-18-9-11-22(12-10-18)24-15-25(20(3)13-19(24)2)26-14-23(16-27(5,6)7)21(4)17-28(26)8/h9-15,17H,16H2,1-8H3/q+1. The van der Waals surface area contributed by atoms with Crippen LogP contribution in [0, 0.1) is 33.1 Å². The number of hydrogen-bond acceptors (Lipinski definition) is 0. The van der Waals surface area contributed by atoms with Gasteiger partial charge in [0.2, 0.25) is 5.69 Å². The van der Waals surface area contributed by atoms with Gasteiger partial charge in [0, 0.05) is 17.2 Å². The van der Waals surface area contributed by atoms with E-state index in [9.17, 15) is 0 Å². The lowest BCUT2D eigenvalue weighted by atomic mass is 9.86. The van der Waals surface area contributed by atoms with Gasteiger partial charge in [0.1, 0.15) is 7.05 Å². The first-order chi connectivity index (χ1) is 13.0. The van der Waals surface area contributed by atoms with Gasteiger partial charge in [0.15, 0.2) is 6.20 Å². The summed E-state index contributed by atoms with van der Waals surface area (Å²) in [5.41, 5.74) is 12.2. The highest BCUT2D eigenvalue weighted by atomic mass is 14.9. The zero-order chi connectivity index (χ0) is 20.6. The third-order valence-electron chi connectivity index (χ3n) is 5.52. The molecule has 0 aliphatic heterocycles. The Morgan fingerprint density at radius 1 is 0.750 bits per heavy atom. The van der Waals surface area contributed by atoms with Gasteiger partial charge in [-0.2, -0.15) is 0 Å². The molecule has 146 valence electrons. The largest absolute Gasteiger partial charge is 0.212 e. The first-order valence-electron chi connectivity index (χ1n) is 10.2. The summed E-state index contributed by atoms with van der Waals surface area (Å²) < 4.78 is 2.28. The van der Waals surface area contributed by atoms with Gasteiger partial charge in [-0.25, -0.2) is 4.57 Å². The molecule has 0 saturated heterocycles. The fourth-order valence-corrected chi connectivity index (χ4v) is 4.03. The summed E-state index contributed by atoms with van der Waals surface area (Å²) in [6.07, 6.45) is 3.36. The van der Waals surface area contributed by atoms with Crippen molar-refractivity contribution in [2.75, 3.05) is 0 Å². The first-order valence-corrected chi connectivity index (χ1v) is 10.2. The van der Waals surface area contributed by atoms with Gasteiger partial charge in [-0.15, -0.1) is 0 Å². The molecule has 0 N–H and O–H groups in total.